The molecule has 0 saturated carbocycles. The Morgan fingerprint density at radius 3 is 2.59 bits per heavy atom. The molecule has 0 aliphatic rings. The number of hydrogen-bond acceptors (Lipinski definition) is 5. The van der Waals surface area contributed by atoms with Gasteiger partial charge in [0, 0.05) is 17.7 Å². The fraction of sp³-hybridized carbons (Fsp3) is 0.304. The molecule has 1 amide bonds. The number of alkyl halides is 3. The lowest BCUT2D eigenvalue weighted by Gasteiger charge is -2.19. The van der Waals surface area contributed by atoms with E-state index in [-0.39, 0.29) is 17.0 Å². The molecule has 0 spiro atoms. The molecule has 0 unspecified atom stereocenters. The third-order valence-corrected chi connectivity index (χ3v) is 5.09. The number of nitrogens with one attached hydrogen (secondary N) is 1. The molecule has 34 heavy (non-hydrogen) atoms. The first kappa shape index (κ1) is 23.3. The number of aromatic nitrogens is 5. The molecular formula is C23H23F3N6O2. The SMILES string of the molecule is COc1cccc(Cn2cc(NC(=O)c3cc4nc(C(C)(C)C)cc(C(F)(F)F)n4n3)cn2)c1. The Morgan fingerprint density at radius 1 is 1.15 bits per heavy atom. The zero-order valence-corrected chi connectivity index (χ0v) is 19.0. The van der Waals surface area contributed by atoms with Gasteiger partial charge in [-0.15, -0.1) is 0 Å². The van der Waals surface area contributed by atoms with E-state index in [0.717, 1.165) is 11.6 Å². The molecule has 1 N–H and O–H groups in total. The first-order chi connectivity index (χ1) is 15.9. The molecule has 0 bridgehead atoms. The van der Waals surface area contributed by atoms with E-state index in [0.29, 0.717) is 22.5 Å². The summed E-state index contributed by atoms with van der Waals surface area (Å²) in [6, 6.07) is 9.67. The summed E-state index contributed by atoms with van der Waals surface area (Å²) in [5, 5.41) is 10.7. The van der Waals surface area contributed by atoms with Gasteiger partial charge >= 0.3 is 6.18 Å². The molecule has 1 aromatic carbocycles. The fourth-order valence-corrected chi connectivity index (χ4v) is 3.34. The zero-order chi connectivity index (χ0) is 24.7. The molecule has 4 rings (SSSR count). The summed E-state index contributed by atoms with van der Waals surface area (Å²) in [5.74, 6) is 0.0448. The normalized spacial score (nSPS) is 12.2. The van der Waals surface area contributed by atoms with Crippen LogP contribution in [0.25, 0.3) is 5.65 Å². The number of amides is 1. The first-order valence-electron chi connectivity index (χ1n) is 10.4. The number of anilines is 1. The number of nitrogens with zero attached hydrogens (tertiary/aromatic N) is 5. The highest BCUT2D eigenvalue weighted by molar-refractivity contribution is 6.03. The molecule has 4 aromatic rings. The summed E-state index contributed by atoms with van der Waals surface area (Å²) < 4.78 is 48.5. The highest BCUT2D eigenvalue weighted by atomic mass is 19.4. The van der Waals surface area contributed by atoms with Crippen LogP contribution >= 0.6 is 0 Å². The van der Waals surface area contributed by atoms with Gasteiger partial charge in [0.25, 0.3) is 5.91 Å². The summed E-state index contributed by atoms with van der Waals surface area (Å²) in [7, 11) is 1.58. The molecule has 8 nitrogen and oxygen atoms in total. The molecule has 0 saturated heterocycles. The summed E-state index contributed by atoms with van der Waals surface area (Å²) in [6.45, 7) is 5.73. The molecule has 0 radical (unpaired) electrons. The van der Waals surface area contributed by atoms with Gasteiger partial charge in [0.1, 0.15) is 11.4 Å². The second-order valence-corrected chi connectivity index (χ2v) is 8.81. The number of hydrogen-bond donors (Lipinski definition) is 1. The Hall–Kier alpha value is -3.89. The van der Waals surface area contributed by atoms with Gasteiger partial charge in [0.05, 0.1) is 31.2 Å². The molecule has 0 fully saturated rings. The van der Waals surface area contributed by atoms with Crippen LogP contribution in [0.4, 0.5) is 18.9 Å². The second-order valence-electron chi connectivity index (χ2n) is 8.81. The zero-order valence-electron chi connectivity index (χ0n) is 19.0. The van der Waals surface area contributed by atoms with Crippen molar-refractivity contribution < 1.29 is 22.7 Å². The van der Waals surface area contributed by atoms with Crippen LogP contribution < -0.4 is 10.1 Å². The summed E-state index contributed by atoms with van der Waals surface area (Å²) >= 11 is 0. The van der Waals surface area contributed by atoms with Gasteiger partial charge in [-0.2, -0.15) is 23.4 Å². The number of methoxy groups -OCH3 is 1. The van der Waals surface area contributed by atoms with E-state index in [1.165, 1.54) is 12.3 Å². The van der Waals surface area contributed by atoms with Crippen LogP contribution in [0.2, 0.25) is 0 Å². The molecule has 3 heterocycles. The van der Waals surface area contributed by atoms with E-state index in [1.54, 1.807) is 38.8 Å². The van der Waals surface area contributed by atoms with Crippen LogP contribution in [0.15, 0.2) is 48.8 Å². The van der Waals surface area contributed by atoms with Gasteiger partial charge < -0.3 is 10.1 Å². The Kier molecular flexibility index (Phi) is 5.80. The topological polar surface area (TPSA) is 86.3 Å². The average molecular weight is 472 g/mol. The number of ether oxygens (including phenoxy) is 1. The van der Waals surface area contributed by atoms with Gasteiger partial charge in [0.2, 0.25) is 0 Å². The van der Waals surface area contributed by atoms with Crippen LogP contribution in [0.1, 0.15) is 48.2 Å². The molecular weight excluding hydrogens is 449 g/mol. The van der Waals surface area contributed by atoms with Gasteiger partial charge in [-0.05, 0) is 23.8 Å². The molecule has 0 aliphatic carbocycles. The van der Waals surface area contributed by atoms with Gasteiger partial charge in [-0.1, -0.05) is 32.9 Å². The van der Waals surface area contributed by atoms with Crippen molar-refractivity contribution in [2.24, 2.45) is 0 Å². The van der Waals surface area contributed by atoms with Crippen LogP contribution in [0.3, 0.4) is 0 Å². The largest absolute Gasteiger partial charge is 0.497 e. The molecule has 3 aromatic heterocycles. The summed E-state index contributed by atoms with van der Waals surface area (Å²) in [5.41, 5.74) is -0.287. The Balaban J connectivity index is 1.58. The van der Waals surface area contributed by atoms with Crippen molar-refractivity contribution >= 4 is 17.2 Å². The maximum Gasteiger partial charge on any atom is 0.433 e. The summed E-state index contributed by atoms with van der Waals surface area (Å²) in [6.07, 6.45) is -1.60. The van der Waals surface area contributed by atoms with Crippen LogP contribution in [0.5, 0.6) is 5.75 Å². The Bertz CT molecular complexity index is 1350. The number of carbonyl (C=O) groups excluding carboxylic acids is 1. The molecule has 0 atom stereocenters. The van der Waals surface area contributed by atoms with Crippen molar-refractivity contribution in [1.29, 1.82) is 0 Å². The van der Waals surface area contributed by atoms with Crippen LogP contribution in [-0.2, 0) is 18.1 Å². The number of benzene rings is 1. The maximum atomic E-state index is 13.7. The smallest absolute Gasteiger partial charge is 0.433 e. The van der Waals surface area contributed by atoms with Crippen molar-refractivity contribution in [3.63, 3.8) is 0 Å². The van der Waals surface area contributed by atoms with Crippen molar-refractivity contribution in [3.8, 4) is 5.75 Å². The minimum Gasteiger partial charge on any atom is -0.497 e. The number of carbonyl (C=O) groups is 1. The van der Waals surface area contributed by atoms with E-state index < -0.39 is 23.2 Å². The van der Waals surface area contributed by atoms with Crippen LogP contribution in [-0.4, -0.2) is 37.4 Å². The predicted octanol–water partition coefficient (Wildman–Crippen LogP) is 4.55. The van der Waals surface area contributed by atoms with E-state index in [2.05, 4.69) is 20.5 Å². The molecule has 178 valence electrons. The van der Waals surface area contributed by atoms with E-state index in [4.69, 9.17) is 4.74 Å². The maximum absolute atomic E-state index is 13.7. The lowest BCUT2D eigenvalue weighted by molar-refractivity contribution is -0.142. The van der Waals surface area contributed by atoms with E-state index in [9.17, 15) is 18.0 Å². The Morgan fingerprint density at radius 2 is 1.91 bits per heavy atom. The lowest BCUT2D eigenvalue weighted by atomic mass is 9.91. The minimum absolute atomic E-state index is 0.0568. The number of rotatable bonds is 5. The van der Waals surface area contributed by atoms with Crippen molar-refractivity contribution in [1.82, 2.24) is 24.4 Å². The van der Waals surface area contributed by atoms with Crippen LogP contribution in [0, 0.1) is 0 Å². The predicted molar refractivity (Wildman–Crippen MR) is 119 cm³/mol. The lowest BCUT2D eigenvalue weighted by Crippen LogP contribution is -2.20. The van der Waals surface area contributed by atoms with Gasteiger partial charge in [0.15, 0.2) is 11.3 Å². The standard InChI is InChI=1S/C23H23F3N6O2/c1-22(2,3)18-10-19(23(24,25)26)32-20(29-18)9-17(30-32)21(33)28-15-11-27-31(13-15)12-14-6-5-7-16(8-14)34-4/h5-11,13H,12H2,1-4H3,(H,28,33). The van der Waals surface area contributed by atoms with Crippen molar-refractivity contribution in [3.05, 3.63) is 71.4 Å². The Labute approximate surface area is 193 Å². The fourth-order valence-electron chi connectivity index (χ4n) is 3.34. The van der Waals surface area contributed by atoms with E-state index >= 15 is 0 Å². The molecule has 11 heteroatoms. The quantitative estimate of drug-likeness (QED) is 0.461. The monoisotopic (exact) mass is 472 g/mol. The second kappa shape index (κ2) is 8.47. The van der Waals surface area contributed by atoms with Crippen molar-refractivity contribution in [2.45, 2.75) is 38.9 Å². The first-order valence-corrected chi connectivity index (χ1v) is 10.4. The van der Waals surface area contributed by atoms with Crippen molar-refractivity contribution in [2.75, 3.05) is 12.4 Å². The molecule has 0 aliphatic heterocycles. The highest BCUT2D eigenvalue weighted by Crippen LogP contribution is 2.32. The van der Waals surface area contributed by atoms with Gasteiger partial charge in [-0.25, -0.2) is 9.50 Å². The third-order valence-electron chi connectivity index (χ3n) is 5.09. The summed E-state index contributed by atoms with van der Waals surface area (Å²) in [4.78, 5) is 17.0. The average Bonchev–Trinajstić information content (AvgIpc) is 3.38. The minimum atomic E-state index is -4.66. The van der Waals surface area contributed by atoms with E-state index in [1.807, 2.05) is 24.3 Å². The third kappa shape index (κ3) is 4.87. The number of fused-ring (bicyclic) bond motifs is 1. The van der Waals surface area contributed by atoms with Gasteiger partial charge in [-0.3, -0.25) is 9.48 Å². The highest BCUT2D eigenvalue weighted by Gasteiger charge is 2.36. The number of halogens is 3.